The van der Waals surface area contributed by atoms with Crippen LogP contribution < -0.4 is 0 Å². The van der Waals surface area contributed by atoms with E-state index in [0.29, 0.717) is 6.54 Å². The van der Waals surface area contributed by atoms with E-state index in [2.05, 4.69) is 0 Å². The van der Waals surface area contributed by atoms with Crippen molar-refractivity contribution >= 4 is 13.8 Å². The molecule has 1 saturated heterocycles. The van der Waals surface area contributed by atoms with Crippen molar-refractivity contribution in [2.45, 2.75) is 13.3 Å². The van der Waals surface area contributed by atoms with E-state index in [-0.39, 0.29) is 11.7 Å². The molecule has 0 spiro atoms. The minimum absolute atomic E-state index is 0.227. The molecule has 0 aliphatic carbocycles. The maximum Gasteiger partial charge on any atom is 0.183 e. The van der Waals surface area contributed by atoms with Crippen molar-refractivity contribution in [1.29, 1.82) is 0 Å². The Kier molecular flexibility index (Phi) is 1.91. The molecule has 2 nitrogen and oxygen atoms in total. The molecule has 9 heavy (non-hydrogen) atoms. The topological polar surface area (TPSA) is 20.3 Å². The van der Waals surface area contributed by atoms with Crippen LogP contribution in [0.15, 0.2) is 0 Å². The van der Waals surface area contributed by atoms with Gasteiger partial charge in [0, 0.05) is 12.5 Å². The van der Waals surface area contributed by atoms with Crippen molar-refractivity contribution in [1.82, 2.24) is 4.81 Å². The van der Waals surface area contributed by atoms with Crippen molar-refractivity contribution in [3.05, 3.63) is 0 Å². The van der Waals surface area contributed by atoms with Gasteiger partial charge in [-0.15, -0.1) is 0 Å². The number of Topliss-reactive ketones (excluding diaryl/α,β-unsaturated/α-hetero) is 1. The molecule has 0 bridgehead atoms. The first-order valence-electron chi connectivity index (χ1n) is 3.22. The number of carbonyl (C=O) groups excluding carboxylic acids is 1. The van der Waals surface area contributed by atoms with Crippen LogP contribution in [0.4, 0.5) is 0 Å². The van der Waals surface area contributed by atoms with Gasteiger partial charge in [0.2, 0.25) is 0 Å². The highest BCUT2D eigenvalue weighted by atomic mass is 16.1. The van der Waals surface area contributed by atoms with Crippen LogP contribution in [-0.4, -0.2) is 31.7 Å². The minimum atomic E-state index is 0.227. The standard InChI is InChI=1S/C6H10BNO/c1-5-2-3-8(7)4-6(5)9/h5H,2-4H2,1H3. The summed E-state index contributed by atoms with van der Waals surface area (Å²) in [5.41, 5.74) is 0. The fraction of sp³-hybridized carbons (Fsp3) is 0.833. The van der Waals surface area contributed by atoms with E-state index >= 15 is 0 Å². The quantitative estimate of drug-likeness (QED) is 0.422. The number of nitrogens with zero attached hydrogens (tertiary/aromatic N) is 1. The maximum atomic E-state index is 10.9. The maximum absolute atomic E-state index is 10.9. The van der Waals surface area contributed by atoms with E-state index in [9.17, 15) is 4.79 Å². The lowest BCUT2D eigenvalue weighted by molar-refractivity contribution is -0.124. The van der Waals surface area contributed by atoms with Gasteiger partial charge in [0.1, 0.15) is 5.78 Å². The van der Waals surface area contributed by atoms with Crippen LogP contribution >= 0.6 is 0 Å². The summed E-state index contributed by atoms with van der Waals surface area (Å²) >= 11 is 0. The van der Waals surface area contributed by atoms with Crippen molar-refractivity contribution in [3.8, 4) is 0 Å². The molecule has 1 aliphatic rings. The van der Waals surface area contributed by atoms with Gasteiger partial charge < -0.3 is 4.81 Å². The van der Waals surface area contributed by atoms with Crippen molar-refractivity contribution in [2.75, 3.05) is 13.1 Å². The molecular weight excluding hydrogens is 113 g/mol. The number of ketones is 1. The average molecular weight is 123 g/mol. The highest BCUT2D eigenvalue weighted by Gasteiger charge is 2.19. The molecule has 1 fully saturated rings. The van der Waals surface area contributed by atoms with Crippen molar-refractivity contribution < 1.29 is 4.79 Å². The molecular formula is C6H10BNO. The first-order chi connectivity index (χ1) is 4.20. The molecule has 1 unspecified atom stereocenters. The fourth-order valence-corrected chi connectivity index (χ4v) is 0.956. The Morgan fingerprint density at radius 2 is 2.44 bits per heavy atom. The molecule has 1 atom stereocenters. The minimum Gasteiger partial charge on any atom is -0.347 e. The van der Waals surface area contributed by atoms with Gasteiger partial charge in [-0.1, -0.05) is 6.92 Å². The lowest BCUT2D eigenvalue weighted by atomic mass is 9.96. The Morgan fingerprint density at radius 1 is 1.78 bits per heavy atom. The molecule has 48 valence electrons. The first-order valence-corrected chi connectivity index (χ1v) is 3.22. The molecule has 0 aromatic carbocycles. The largest absolute Gasteiger partial charge is 0.347 e. The number of rotatable bonds is 0. The van der Waals surface area contributed by atoms with Crippen LogP contribution in [0.2, 0.25) is 0 Å². The SMILES string of the molecule is [B]N1CCC(C)C(=O)C1. The molecule has 0 N–H and O–H groups in total. The molecule has 1 aliphatic heterocycles. The summed E-state index contributed by atoms with van der Waals surface area (Å²) in [6, 6.07) is 0. The molecule has 0 aromatic rings. The Bertz CT molecular complexity index is 126. The summed E-state index contributed by atoms with van der Waals surface area (Å²) in [5, 5.41) is 0. The van der Waals surface area contributed by atoms with E-state index in [1.54, 1.807) is 4.81 Å². The van der Waals surface area contributed by atoms with Crippen molar-refractivity contribution in [2.24, 2.45) is 5.92 Å². The second-order valence-electron chi connectivity index (χ2n) is 2.63. The van der Waals surface area contributed by atoms with Gasteiger partial charge in [-0.2, -0.15) is 0 Å². The van der Waals surface area contributed by atoms with E-state index < -0.39 is 0 Å². The monoisotopic (exact) mass is 123 g/mol. The third kappa shape index (κ3) is 1.55. The van der Waals surface area contributed by atoms with E-state index in [1.807, 2.05) is 6.92 Å². The number of hydrogen-bond acceptors (Lipinski definition) is 2. The molecule has 1 heterocycles. The normalized spacial score (nSPS) is 30.8. The molecule has 3 heteroatoms. The summed E-state index contributed by atoms with van der Waals surface area (Å²) in [4.78, 5) is 12.5. The zero-order chi connectivity index (χ0) is 6.85. The third-order valence-corrected chi connectivity index (χ3v) is 1.76. The summed E-state index contributed by atoms with van der Waals surface area (Å²) in [6.07, 6.45) is 0.912. The average Bonchev–Trinajstić information content (AvgIpc) is 1.80. The Balaban J connectivity index is 2.44. The summed E-state index contributed by atoms with van der Waals surface area (Å²) < 4.78 is 0. The van der Waals surface area contributed by atoms with Crippen LogP contribution in [0.5, 0.6) is 0 Å². The number of carbonyl (C=O) groups is 1. The predicted octanol–water partition coefficient (Wildman–Crippen LogP) is -0.0192. The van der Waals surface area contributed by atoms with Gasteiger partial charge in [0.25, 0.3) is 0 Å². The van der Waals surface area contributed by atoms with Gasteiger partial charge in [-0.25, -0.2) is 0 Å². The Labute approximate surface area is 56.7 Å². The number of hydrogen-bond donors (Lipinski definition) is 0. The van der Waals surface area contributed by atoms with Crippen LogP contribution in [0, 0.1) is 5.92 Å². The van der Waals surface area contributed by atoms with Crippen LogP contribution in [0.1, 0.15) is 13.3 Å². The van der Waals surface area contributed by atoms with Gasteiger partial charge in [-0.3, -0.25) is 4.79 Å². The van der Waals surface area contributed by atoms with Gasteiger partial charge in [0.05, 0.1) is 0 Å². The van der Waals surface area contributed by atoms with Crippen LogP contribution in [0.3, 0.4) is 0 Å². The molecule has 0 amide bonds. The second-order valence-corrected chi connectivity index (χ2v) is 2.63. The lowest BCUT2D eigenvalue weighted by Gasteiger charge is -2.25. The first kappa shape index (κ1) is 6.81. The fourth-order valence-electron chi connectivity index (χ4n) is 0.956. The van der Waals surface area contributed by atoms with E-state index in [4.69, 9.17) is 7.98 Å². The highest BCUT2D eigenvalue weighted by Crippen LogP contribution is 2.10. The van der Waals surface area contributed by atoms with Gasteiger partial charge >= 0.3 is 0 Å². The van der Waals surface area contributed by atoms with E-state index in [1.165, 1.54) is 0 Å². The molecule has 0 saturated carbocycles. The third-order valence-electron chi connectivity index (χ3n) is 1.76. The van der Waals surface area contributed by atoms with Crippen LogP contribution in [0.25, 0.3) is 0 Å². The summed E-state index contributed by atoms with van der Waals surface area (Å²) in [7, 11) is 5.40. The summed E-state index contributed by atoms with van der Waals surface area (Å²) in [6.45, 7) is 3.24. The smallest absolute Gasteiger partial charge is 0.183 e. The zero-order valence-electron chi connectivity index (χ0n) is 5.63. The van der Waals surface area contributed by atoms with Crippen molar-refractivity contribution in [3.63, 3.8) is 0 Å². The second kappa shape index (κ2) is 2.52. The van der Waals surface area contributed by atoms with Gasteiger partial charge in [-0.05, 0) is 13.0 Å². The summed E-state index contributed by atoms with van der Waals surface area (Å²) in [5.74, 6) is 0.494. The van der Waals surface area contributed by atoms with E-state index in [0.717, 1.165) is 13.0 Å². The lowest BCUT2D eigenvalue weighted by Crippen LogP contribution is -2.38. The zero-order valence-corrected chi connectivity index (χ0v) is 5.63. The Morgan fingerprint density at radius 3 is 2.89 bits per heavy atom. The Hall–Kier alpha value is -0.305. The molecule has 0 aromatic heterocycles. The van der Waals surface area contributed by atoms with Crippen LogP contribution in [-0.2, 0) is 4.79 Å². The molecule has 1 rings (SSSR count). The predicted molar refractivity (Wildman–Crippen MR) is 36.1 cm³/mol. The molecule has 2 radical (unpaired) electrons. The number of piperidine rings is 1. The van der Waals surface area contributed by atoms with Gasteiger partial charge in [0.15, 0.2) is 7.98 Å². The highest BCUT2D eigenvalue weighted by molar-refractivity contribution is 6.06.